The number of carbonyl (C=O) groups excluding carboxylic acids is 2. The number of esters is 1. The summed E-state index contributed by atoms with van der Waals surface area (Å²) in [5, 5.41) is 8.83. The number of rotatable bonds is 8. The van der Waals surface area contributed by atoms with E-state index in [2.05, 4.69) is 4.74 Å². The summed E-state index contributed by atoms with van der Waals surface area (Å²) in [7, 11) is 2.91. The Bertz CT molecular complexity index is 344. The summed E-state index contributed by atoms with van der Waals surface area (Å²) in [6.45, 7) is 4.27. The summed E-state index contributed by atoms with van der Waals surface area (Å²) in [5.41, 5.74) is 0. The van der Waals surface area contributed by atoms with Gasteiger partial charge < -0.3 is 19.6 Å². The monoisotopic (exact) mass is 288 g/mol. The molecule has 0 bridgehead atoms. The maximum Gasteiger partial charge on any atom is 0.323 e. The lowest BCUT2D eigenvalue weighted by atomic mass is 10.2. The van der Waals surface area contributed by atoms with E-state index < -0.39 is 5.97 Å². The van der Waals surface area contributed by atoms with Crippen LogP contribution < -0.4 is 0 Å². The Balaban J connectivity index is 4.39. The van der Waals surface area contributed by atoms with E-state index >= 15 is 0 Å². The fourth-order valence-electron chi connectivity index (χ4n) is 1.71. The van der Waals surface area contributed by atoms with Crippen molar-refractivity contribution in [2.24, 2.45) is 5.92 Å². The lowest BCUT2D eigenvalue weighted by Crippen LogP contribution is -2.45. The highest BCUT2D eigenvalue weighted by molar-refractivity contribution is 5.80. The van der Waals surface area contributed by atoms with Crippen molar-refractivity contribution in [3.63, 3.8) is 0 Å². The van der Waals surface area contributed by atoms with Crippen molar-refractivity contribution in [1.29, 1.82) is 0 Å². The molecule has 0 saturated heterocycles. The lowest BCUT2D eigenvalue weighted by molar-refractivity contribution is -0.140. The number of methoxy groups -OCH3 is 1. The molecule has 116 valence electrons. The van der Waals surface area contributed by atoms with Crippen LogP contribution in [-0.4, -0.2) is 66.7 Å². The summed E-state index contributed by atoms with van der Waals surface area (Å²) in [6.07, 6.45) is 0.717. The second-order valence-electron chi connectivity index (χ2n) is 5.05. The molecule has 0 aliphatic rings. The van der Waals surface area contributed by atoms with Crippen molar-refractivity contribution in [2.75, 3.05) is 33.8 Å². The fourth-order valence-corrected chi connectivity index (χ4v) is 1.71. The van der Waals surface area contributed by atoms with Gasteiger partial charge in [0.05, 0.1) is 7.11 Å². The van der Waals surface area contributed by atoms with Crippen molar-refractivity contribution >= 4 is 18.0 Å². The van der Waals surface area contributed by atoms with Crippen LogP contribution in [0, 0.1) is 5.92 Å². The van der Waals surface area contributed by atoms with Crippen LogP contribution in [0.1, 0.15) is 26.7 Å². The molecule has 0 atom stereocenters. The van der Waals surface area contributed by atoms with Gasteiger partial charge in [0.25, 0.3) is 0 Å². The maximum atomic E-state index is 12.1. The third-order valence-corrected chi connectivity index (χ3v) is 2.61. The van der Waals surface area contributed by atoms with Crippen LogP contribution in [0.4, 0.5) is 4.79 Å². The van der Waals surface area contributed by atoms with Crippen molar-refractivity contribution in [3.8, 4) is 0 Å². The van der Waals surface area contributed by atoms with Gasteiger partial charge in [-0.15, -0.1) is 0 Å². The summed E-state index contributed by atoms with van der Waals surface area (Å²) in [6, 6.07) is -0.342. The van der Waals surface area contributed by atoms with Gasteiger partial charge in [-0.25, -0.2) is 4.79 Å². The van der Waals surface area contributed by atoms with Crippen LogP contribution in [0.25, 0.3) is 0 Å². The quantitative estimate of drug-likeness (QED) is 0.674. The number of ether oxygens (including phenoxy) is 1. The van der Waals surface area contributed by atoms with E-state index in [1.807, 2.05) is 13.8 Å². The molecule has 0 aromatic heterocycles. The molecule has 0 aromatic rings. The maximum absolute atomic E-state index is 12.1. The van der Waals surface area contributed by atoms with E-state index in [0.29, 0.717) is 19.5 Å². The smallest absolute Gasteiger partial charge is 0.323 e. The predicted octanol–water partition coefficient (Wildman–Crippen LogP) is 1.03. The number of carboxylic acid groups (broad SMARTS) is 1. The van der Waals surface area contributed by atoms with Crippen LogP contribution in [-0.2, 0) is 14.3 Å². The molecular formula is C13H24N2O5. The molecule has 20 heavy (non-hydrogen) atoms. The average molecular weight is 288 g/mol. The Hall–Kier alpha value is -1.79. The number of carbonyl (C=O) groups is 3. The van der Waals surface area contributed by atoms with Gasteiger partial charge in [-0.3, -0.25) is 9.59 Å². The molecule has 0 aliphatic carbocycles. The van der Waals surface area contributed by atoms with E-state index in [1.54, 1.807) is 7.05 Å². The first kappa shape index (κ1) is 18.2. The van der Waals surface area contributed by atoms with Crippen LogP contribution in [0.15, 0.2) is 0 Å². The van der Waals surface area contributed by atoms with E-state index in [1.165, 1.54) is 16.9 Å². The SMILES string of the molecule is COC(=O)CCCN(C)C(=O)N(CC(=O)O)CC(C)C. The van der Waals surface area contributed by atoms with Gasteiger partial charge in [-0.05, 0) is 12.3 Å². The first-order chi connectivity index (χ1) is 9.27. The topological polar surface area (TPSA) is 87.2 Å². The van der Waals surface area contributed by atoms with Crippen molar-refractivity contribution < 1.29 is 24.2 Å². The van der Waals surface area contributed by atoms with Gasteiger partial charge in [0.15, 0.2) is 0 Å². The minimum absolute atomic E-state index is 0.182. The zero-order valence-electron chi connectivity index (χ0n) is 12.6. The van der Waals surface area contributed by atoms with Crippen molar-refractivity contribution in [3.05, 3.63) is 0 Å². The Morgan fingerprint density at radius 1 is 1.25 bits per heavy atom. The van der Waals surface area contributed by atoms with E-state index in [4.69, 9.17) is 5.11 Å². The van der Waals surface area contributed by atoms with Crippen LogP contribution in [0.3, 0.4) is 0 Å². The number of hydrogen-bond acceptors (Lipinski definition) is 4. The standard InChI is InChI=1S/C13H24N2O5/c1-10(2)8-15(9-11(16)17)13(19)14(3)7-5-6-12(18)20-4/h10H,5-9H2,1-4H3,(H,16,17). The number of nitrogens with zero attached hydrogens (tertiary/aromatic N) is 2. The van der Waals surface area contributed by atoms with Crippen LogP contribution in [0.2, 0.25) is 0 Å². The molecule has 0 aliphatic heterocycles. The molecular weight excluding hydrogens is 264 g/mol. The minimum Gasteiger partial charge on any atom is -0.480 e. The van der Waals surface area contributed by atoms with Crippen molar-refractivity contribution in [1.82, 2.24) is 9.80 Å². The van der Waals surface area contributed by atoms with E-state index in [9.17, 15) is 14.4 Å². The molecule has 0 unspecified atom stereocenters. The Morgan fingerprint density at radius 3 is 2.30 bits per heavy atom. The first-order valence-electron chi connectivity index (χ1n) is 6.56. The molecule has 7 nitrogen and oxygen atoms in total. The highest BCUT2D eigenvalue weighted by atomic mass is 16.5. The largest absolute Gasteiger partial charge is 0.480 e. The van der Waals surface area contributed by atoms with Gasteiger partial charge in [0, 0.05) is 26.6 Å². The third kappa shape index (κ3) is 7.60. The van der Waals surface area contributed by atoms with Crippen LogP contribution in [0.5, 0.6) is 0 Å². The molecule has 0 saturated carbocycles. The van der Waals surface area contributed by atoms with Gasteiger partial charge in [0.2, 0.25) is 0 Å². The molecule has 0 fully saturated rings. The minimum atomic E-state index is -1.04. The lowest BCUT2D eigenvalue weighted by Gasteiger charge is -2.28. The molecule has 0 spiro atoms. The zero-order valence-corrected chi connectivity index (χ0v) is 12.6. The highest BCUT2D eigenvalue weighted by Gasteiger charge is 2.21. The Kier molecular flexibility index (Phi) is 8.35. The molecule has 2 amide bonds. The Morgan fingerprint density at radius 2 is 1.85 bits per heavy atom. The molecule has 7 heteroatoms. The number of urea groups is 1. The average Bonchev–Trinajstić information content (AvgIpc) is 2.35. The fraction of sp³-hybridized carbons (Fsp3) is 0.769. The zero-order chi connectivity index (χ0) is 15.7. The second-order valence-corrected chi connectivity index (χ2v) is 5.05. The predicted molar refractivity (Wildman–Crippen MR) is 73.3 cm³/mol. The van der Waals surface area contributed by atoms with Gasteiger partial charge in [-0.2, -0.15) is 0 Å². The van der Waals surface area contributed by atoms with E-state index in [-0.39, 0.29) is 30.9 Å². The number of aliphatic carboxylic acids is 1. The molecule has 0 radical (unpaired) electrons. The number of hydrogen-bond donors (Lipinski definition) is 1. The molecule has 0 heterocycles. The van der Waals surface area contributed by atoms with Crippen LogP contribution >= 0.6 is 0 Å². The normalized spacial score (nSPS) is 10.2. The number of carboxylic acids is 1. The third-order valence-electron chi connectivity index (χ3n) is 2.61. The van der Waals surface area contributed by atoms with Gasteiger partial charge in [0.1, 0.15) is 6.54 Å². The Labute approximate surface area is 119 Å². The molecule has 1 N–H and O–H groups in total. The van der Waals surface area contributed by atoms with Gasteiger partial charge in [-0.1, -0.05) is 13.8 Å². The second kappa shape index (κ2) is 9.17. The molecule has 0 aromatic carbocycles. The number of amides is 2. The van der Waals surface area contributed by atoms with Gasteiger partial charge >= 0.3 is 18.0 Å². The molecule has 0 rings (SSSR count). The summed E-state index contributed by atoms with van der Waals surface area (Å²) >= 11 is 0. The summed E-state index contributed by atoms with van der Waals surface area (Å²) in [4.78, 5) is 36.6. The van der Waals surface area contributed by atoms with E-state index in [0.717, 1.165) is 0 Å². The summed E-state index contributed by atoms with van der Waals surface area (Å²) in [5.74, 6) is -1.18. The highest BCUT2D eigenvalue weighted by Crippen LogP contribution is 2.04. The summed E-state index contributed by atoms with van der Waals surface area (Å²) < 4.78 is 4.51. The van der Waals surface area contributed by atoms with Crippen molar-refractivity contribution in [2.45, 2.75) is 26.7 Å². The first-order valence-corrected chi connectivity index (χ1v) is 6.56.